The molecule has 0 atom stereocenters. The average molecular weight is 318 g/mol. The molecule has 0 bridgehead atoms. The summed E-state index contributed by atoms with van der Waals surface area (Å²) in [6, 6.07) is 1.48. The molecule has 1 aromatic rings. The van der Waals surface area contributed by atoms with Crippen molar-refractivity contribution in [2.45, 2.75) is 12.1 Å². The number of nitro benzene ring substituents is 1. The van der Waals surface area contributed by atoms with Crippen LogP contribution >= 0.6 is 27.5 Å². The van der Waals surface area contributed by atoms with Crippen LogP contribution in [0.5, 0.6) is 0 Å². The molecular weight excluding hydrogens is 314 g/mol. The molecule has 1 aromatic carbocycles. The predicted molar refractivity (Wildman–Crippen MR) is 55.4 cm³/mol. The number of alkyl halides is 4. The molecule has 0 saturated carbocycles. The second-order valence-electron chi connectivity index (χ2n) is 2.85. The fraction of sp³-hybridized carbons (Fsp3) is 0.250. The van der Waals surface area contributed by atoms with Crippen LogP contribution < -0.4 is 0 Å². The maximum absolute atomic E-state index is 12.5. The van der Waals surface area contributed by atoms with E-state index in [9.17, 15) is 23.3 Å². The van der Waals surface area contributed by atoms with E-state index in [4.69, 9.17) is 11.6 Å². The minimum atomic E-state index is -4.66. The molecule has 0 aliphatic heterocycles. The minimum absolute atomic E-state index is 0.0267. The molecule has 8 heteroatoms. The summed E-state index contributed by atoms with van der Waals surface area (Å²) in [5.74, 6) is -0.370. The highest BCUT2D eigenvalue weighted by Gasteiger charge is 2.35. The highest BCUT2D eigenvalue weighted by atomic mass is 79.9. The normalized spacial score (nSPS) is 11.6. The van der Waals surface area contributed by atoms with Crippen molar-refractivity contribution in [1.82, 2.24) is 0 Å². The fourth-order valence-corrected chi connectivity index (χ4v) is 1.87. The van der Waals surface area contributed by atoms with Crippen LogP contribution in [0.4, 0.5) is 18.9 Å². The Labute approximate surface area is 101 Å². The lowest BCUT2D eigenvalue weighted by Gasteiger charge is -2.11. The van der Waals surface area contributed by atoms with Crippen molar-refractivity contribution >= 4 is 33.2 Å². The van der Waals surface area contributed by atoms with Crippen LogP contribution in [0, 0.1) is 10.1 Å². The number of nitrogens with zero attached hydrogens (tertiary/aromatic N) is 1. The Morgan fingerprint density at radius 2 is 2.00 bits per heavy atom. The molecule has 0 saturated heterocycles. The van der Waals surface area contributed by atoms with Crippen LogP contribution in [-0.4, -0.2) is 4.92 Å². The van der Waals surface area contributed by atoms with Gasteiger partial charge in [0.1, 0.15) is 0 Å². The van der Waals surface area contributed by atoms with Crippen LogP contribution in [0.15, 0.2) is 16.6 Å². The van der Waals surface area contributed by atoms with E-state index in [1.165, 1.54) is 0 Å². The molecule has 1 rings (SSSR count). The van der Waals surface area contributed by atoms with Gasteiger partial charge < -0.3 is 0 Å². The van der Waals surface area contributed by atoms with Crippen molar-refractivity contribution in [2.75, 3.05) is 0 Å². The first-order chi connectivity index (χ1) is 7.27. The van der Waals surface area contributed by atoms with E-state index in [2.05, 4.69) is 15.9 Å². The molecule has 0 fully saturated rings. The van der Waals surface area contributed by atoms with Gasteiger partial charge in [-0.2, -0.15) is 13.2 Å². The third-order valence-corrected chi connectivity index (χ3v) is 2.74. The molecule has 0 aliphatic carbocycles. The minimum Gasteiger partial charge on any atom is -0.258 e. The number of benzene rings is 1. The van der Waals surface area contributed by atoms with Gasteiger partial charge in [0.05, 0.1) is 15.0 Å². The van der Waals surface area contributed by atoms with Crippen LogP contribution in [0.3, 0.4) is 0 Å². The molecule has 3 nitrogen and oxygen atoms in total. The molecule has 0 heterocycles. The second kappa shape index (κ2) is 4.58. The van der Waals surface area contributed by atoms with Crippen molar-refractivity contribution in [2.24, 2.45) is 0 Å². The number of hydrogen-bond acceptors (Lipinski definition) is 2. The Kier molecular flexibility index (Phi) is 3.80. The lowest BCUT2D eigenvalue weighted by Crippen LogP contribution is -2.09. The van der Waals surface area contributed by atoms with E-state index < -0.39 is 22.4 Å². The maximum Gasteiger partial charge on any atom is 0.416 e. The number of rotatable bonds is 2. The van der Waals surface area contributed by atoms with E-state index in [1.807, 2.05) is 0 Å². The van der Waals surface area contributed by atoms with Crippen molar-refractivity contribution in [1.29, 1.82) is 0 Å². The summed E-state index contributed by atoms with van der Waals surface area (Å²) in [5, 5.41) is 10.5. The number of halogens is 5. The molecule has 16 heavy (non-hydrogen) atoms. The smallest absolute Gasteiger partial charge is 0.258 e. The quantitative estimate of drug-likeness (QED) is 0.468. The molecule has 0 spiro atoms. The van der Waals surface area contributed by atoms with Gasteiger partial charge in [-0.05, 0) is 27.6 Å². The Hall–Kier alpha value is -0.820. The van der Waals surface area contributed by atoms with Crippen LogP contribution in [-0.2, 0) is 12.1 Å². The fourth-order valence-electron chi connectivity index (χ4n) is 1.12. The molecule has 88 valence electrons. The zero-order chi connectivity index (χ0) is 12.5. The van der Waals surface area contributed by atoms with Gasteiger partial charge in [-0.3, -0.25) is 10.1 Å². The molecule has 0 radical (unpaired) electrons. The predicted octanol–water partition coefficient (Wildman–Crippen LogP) is 4.11. The third-order valence-electron chi connectivity index (χ3n) is 1.82. The first kappa shape index (κ1) is 13.2. The molecule has 0 amide bonds. The van der Waals surface area contributed by atoms with Gasteiger partial charge >= 0.3 is 6.18 Å². The Balaban J connectivity index is 3.47. The van der Waals surface area contributed by atoms with Crippen molar-refractivity contribution < 1.29 is 18.1 Å². The van der Waals surface area contributed by atoms with Crippen LogP contribution in [0.2, 0.25) is 0 Å². The van der Waals surface area contributed by atoms with Crippen LogP contribution in [0.1, 0.15) is 11.1 Å². The summed E-state index contributed by atoms with van der Waals surface area (Å²) in [6.07, 6.45) is -4.66. The van der Waals surface area contributed by atoms with E-state index >= 15 is 0 Å². The van der Waals surface area contributed by atoms with Gasteiger partial charge in [0.2, 0.25) is 0 Å². The van der Waals surface area contributed by atoms with Gasteiger partial charge in [0.15, 0.2) is 0 Å². The zero-order valence-electron chi connectivity index (χ0n) is 7.52. The summed E-state index contributed by atoms with van der Waals surface area (Å²) < 4.78 is 37.5. The number of nitro groups is 1. The SMILES string of the molecule is O=[N+]([O-])c1cc(C(F)(F)F)c(CCl)cc1Br. The molecule has 0 N–H and O–H groups in total. The lowest BCUT2D eigenvalue weighted by molar-refractivity contribution is -0.385. The third kappa shape index (κ3) is 2.65. The van der Waals surface area contributed by atoms with Gasteiger partial charge in [-0.1, -0.05) is 0 Å². The van der Waals surface area contributed by atoms with Crippen LogP contribution in [0.25, 0.3) is 0 Å². The Morgan fingerprint density at radius 1 is 1.44 bits per heavy atom. The largest absolute Gasteiger partial charge is 0.416 e. The second-order valence-corrected chi connectivity index (χ2v) is 3.97. The lowest BCUT2D eigenvalue weighted by atomic mass is 10.1. The Bertz CT molecular complexity index is 436. The van der Waals surface area contributed by atoms with E-state index in [0.717, 1.165) is 6.07 Å². The molecular formula is C8H4BrClF3NO2. The summed E-state index contributed by atoms with van der Waals surface area (Å²) in [4.78, 5) is 9.58. The molecule has 0 unspecified atom stereocenters. The molecule has 0 aliphatic rings. The van der Waals surface area contributed by atoms with Crippen molar-refractivity contribution in [3.63, 3.8) is 0 Å². The highest BCUT2D eigenvalue weighted by molar-refractivity contribution is 9.10. The summed E-state index contributed by atoms with van der Waals surface area (Å²) in [6.45, 7) is 0. The zero-order valence-corrected chi connectivity index (χ0v) is 9.86. The Morgan fingerprint density at radius 3 is 2.38 bits per heavy atom. The van der Waals surface area contributed by atoms with Crippen molar-refractivity contribution in [3.05, 3.63) is 37.8 Å². The van der Waals surface area contributed by atoms with E-state index in [0.29, 0.717) is 6.07 Å². The highest BCUT2D eigenvalue weighted by Crippen LogP contribution is 2.38. The molecule has 0 aromatic heterocycles. The van der Waals surface area contributed by atoms with Crippen molar-refractivity contribution in [3.8, 4) is 0 Å². The van der Waals surface area contributed by atoms with Gasteiger partial charge in [0, 0.05) is 11.9 Å². The monoisotopic (exact) mass is 317 g/mol. The summed E-state index contributed by atoms with van der Waals surface area (Å²) >= 11 is 8.17. The van der Waals surface area contributed by atoms with Gasteiger partial charge in [-0.15, -0.1) is 11.6 Å². The summed E-state index contributed by atoms with van der Waals surface area (Å²) in [5.41, 5.74) is -1.93. The number of hydrogen-bond donors (Lipinski definition) is 0. The maximum atomic E-state index is 12.5. The standard InChI is InChI=1S/C8H4BrClF3NO2/c9-6-1-4(3-10)5(8(11,12)13)2-7(6)14(15)16/h1-2H,3H2. The van der Waals surface area contributed by atoms with Gasteiger partial charge in [0.25, 0.3) is 5.69 Å². The van der Waals surface area contributed by atoms with Gasteiger partial charge in [-0.25, -0.2) is 0 Å². The summed E-state index contributed by atoms with van der Waals surface area (Å²) in [7, 11) is 0. The first-order valence-corrected chi connectivity index (χ1v) is 5.20. The topological polar surface area (TPSA) is 43.1 Å². The van der Waals surface area contributed by atoms with E-state index in [1.54, 1.807) is 0 Å². The average Bonchev–Trinajstić information content (AvgIpc) is 2.14. The van der Waals surface area contributed by atoms with E-state index in [-0.39, 0.29) is 15.9 Å². The first-order valence-electron chi connectivity index (χ1n) is 3.87.